The molecule has 0 aliphatic heterocycles. The molecule has 3 aromatic rings. The van der Waals surface area contributed by atoms with Crippen LogP contribution in [-0.2, 0) is 11.3 Å². The standard InChI is InChI=1S/C19H18N4O2/c1-13-5-3-7-16(14(13)2)21-18(24)12-23-19(25)9-8-17(22-23)15-6-4-10-20-11-15/h3-11H,12H2,1-2H3,(H,21,24). The number of carbonyl (C=O) groups excluding carboxylic acids is 1. The number of nitrogens with zero attached hydrogens (tertiary/aromatic N) is 3. The number of benzene rings is 1. The molecule has 1 amide bonds. The molecule has 1 N–H and O–H groups in total. The zero-order chi connectivity index (χ0) is 17.8. The highest BCUT2D eigenvalue weighted by Gasteiger charge is 2.10. The van der Waals surface area contributed by atoms with Crippen LogP contribution in [0.2, 0.25) is 0 Å². The summed E-state index contributed by atoms with van der Waals surface area (Å²) in [7, 11) is 0. The lowest BCUT2D eigenvalue weighted by Crippen LogP contribution is -2.29. The predicted molar refractivity (Wildman–Crippen MR) is 96.3 cm³/mol. The number of aryl methyl sites for hydroxylation is 1. The molecule has 25 heavy (non-hydrogen) atoms. The number of rotatable bonds is 4. The average Bonchev–Trinajstić information content (AvgIpc) is 2.61. The Hall–Kier alpha value is -3.28. The Balaban J connectivity index is 1.81. The Labute approximate surface area is 145 Å². The van der Waals surface area contributed by atoms with Crippen LogP contribution in [0.1, 0.15) is 11.1 Å². The summed E-state index contributed by atoms with van der Waals surface area (Å²) in [6.07, 6.45) is 3.32. The molecule has 6 heteroatoms. The SMILES string of the molecule is Cc1cccc(NC(=O)Cn2nc(-c3cccnc3)ccc2=O)c1C. The van der Waals surface area contributed by atoms with Crippen molar-refractivity contribution < 1.29 is 4.79 Å². The quantitative estimate of drug-likeness (QED) is 0.795. The number of carbonyl (C=O) groups is 1. The fourth-order valence-electron chi connectivity index (χ4n) is 2.44. The van der Waals surface area contributed by atoms with E-state index in [1.165, 1.54) is 6.07 Å². The molecule has 0 unspecified atom stereocenters. The van der Waals surface area contributed by atoms with E-state index in [0.29, 0.717) is 5.69 Å². The van der Waals surface area contributed by atoms with E-state index in [1.807, 2.05) is 38.1 Å². The number of nitrogens with one attached hydrogen (secondary N) is 1. The summed E-state index contributed by atoms with van der Waals surface area (Å²) in [5.74, 6) is -0.299. The molecule has 3 rings (SSSR count). The van der Waals surface area contributed by atoms with Gasteiger partial charge in [-0.3, -0.25) is 14.6 Å². The van der Waals surface area contributed by atoms with Crippen molar-refractivity contribution in [3.63, 3.8) is 0 Å². The molecule has 0 aliphatic carbocycles. The number of anilines is 1. The maximum Gasteiger partial charge on any atom is 0.267 e. The van der Waals surface area contributed by atoms with Gasteiger partial charge in [-0.25, -0.2) is 4.68 Å². The van der Waals surface area contributed by atoms with Gasteiger partial charge in [-0.05, 0) is 49.2 Å². The first-order valence-corrected chi connectivity index (χ1v) is 7.89. The van der Waals surface area contributed by atoms with Crippen LogP contribution in [-0.4, -0.2) is 20.7 Å². The summed E-state index contributed by atoms with van der Waals surface area (Å²) in [4.78, 5) is 28.4. The lowest BCUT2D eigenvalue weighted by Gasteiger charge is -2.11. The van der Waals surface area contributed by atoms with E-state index in [9.17, 15) is 9.59 Å². The molecule has 0 aliphatic rings. The molecule has 2 aromatic heterocycles. The molecule has 0 atom stereocenters. The molecule has 0 fully saturated rings. The van der Waals surface area contributed by atoms with E-state index >= 15 is 0 Å². The van der Waals surface area contributed by atoms with Crippen LogP contribution in [0.5, 0.6) is 0 Å². The fraction of sp³-hybridized carbons (Fsp3) is 0.158. The smallest absolute Gasteiger partial charge is 0.267 e. The maximum atomic E-state index is 12.3. The van der Waals surface area contributed by atoms with Crippen molar-refractivity contribution in [2.24, 2.45) is 0 Å². The molecule has 0 saturated heterocycles. The van der Waals surface area contributed by atoms with Crippen molar-refractivity contribution in [2.75, 3.05) is 5.32 Å². The molecule has 0 saturated carbocycles. The first kappa shape index (κ1) is 16.6. The number of hydrogen-bond acceptors (Lipinski definition) is 4. The van der Waals surface area contributed by atoms with Crippen LogP contribution in [0.4, 0.5) is 5.69 Å². The molecule has 0 spiro atoms. The third kappa shape index (κ3) is 3.80. The Bertz CT molecular complexity index is 965. The second-order valence-electron chi connectivity index (χ2n) is 5.75. The lowest BCUT2D eigenvalue weighted by atomic mass is 10.1. The van der Waals surface area contributed by atoms with Crippen molar-refractivity contribution in [2.45, 2.75) is 20.4 Å². The minimum atomic E-state index is -0.330. The molecule has 6 nitrogen and oxygen atoms in total. The molecule has 1 aromatic carbocycles. The van der Waals surface area contributed by atoms with E-state index in [1.54, 1.807) is 24.5 Å². The van der Waals surface area contributed by atoms with Gasteiger partial charge in [-0.2, -0.15) is 5.10 Å². The highest BCUT2D eigenvalue weighted by molar-refractivity contribution is 5.91. The summed E-state index contributed by atoms with van der Waals surface area (Å²) in [6.45, 7) is 3.77. The van der Waals surface area contributed by atoms with Crippen molar-refractivity contribution in [1.29, 1.82) is 0 Å². The lowest BCUT2D eigenvalue weighted by molar-refractivity contribution is -0.117. The minimum Gasteiger partial charge on any atom is -0.324 e. The Morgan fingerprint density at radius 1 is 1.12 bits per heavy atom. The van der Waals surface area contributed by atoms with Crippen molar-refractivity contribution in [3.8, 4) is 11.3 Å². The Morgan fingerprint density at radius 2 is 1.96 bits per heavy atom. The van der Waals surface area contributed by atoms with Crippen LogP contribution < -0.4 is 10.9 Å². The third-order valence-electron chi connectivity index (χ3n) is 4.00. The minimum absolute atomic E-state index is 0.152. The second kappa shape index (κ2) is 7.09. The van der Waals surface area contributed by atoms with Crippen molar-refractivity contribution in [3.05, 3.63) is 76.3 Å². The van der Waals surface area contributed by atoms with Gasteiger partial charge in [0.1, 0.15) is 6.54 Å². The van der Waals surface area contributed by atoms with Crippen LogP contribution in [0, 0.1) is 13.8 Å². The van der Waals surface area contributed by atoms with Gasteiger partial charge in [0.15, 0.2) is 0 Å². The second-order valence-corrected chi connectivity index (χ2v) is 5.75. The van der Waals surface area contributed by atoms with Gasteiger partial charge in [-0.1, -0.05) is 12.1 Å². The third-order valence-corrected chi connectivity index (χ3v) is 4.00. The van der Waals surface area contributed by atoms with Gasteiger partial charge in [0, 0.05) is 29.7 Å². The number of hydrogen-bond donors (Lipinski definition) is 1. The molecule has 0 bridgehead atoms. The van der Waals surface area contributed by atoms with Crippen LogP contribution in [0.15, 0.2) is 59.7 Å². The fourth-order valence-corrected chi connectivity index (χ4v) is 2.44. The normalized spacial score (nSPS) is 10.5. The van der Waals surface area contributed by atoms with Gasteiger partial charge < -0.3 is 5.32 Å². The van der Waals surface area contributed by atoms with Crippen molar-refractivity contribution in [1.82, 2.24) is 14.8 Å². The number of amides is 1. The van der Waals surface area contributed by atoms with Gasteiger partial charge in [0.2, 0.25) is 5.91 Å². The molecule has 2 heterocycles. The van der Waals surface area contributed by atoms with Gasteiger partial charge in [0.25, 0.3) is 5.56 Å². The maximum absolute atomic E-state index is 12.3. The zero-order valence-electron chi connectivity index (χ0n) is 14.1. The van der Waals surface area contributed by atoms with Crippen LogP contribution in [0.25, 0.3) is 11.3 Å². The Morgan fingerprint density at radius 3 is 2.72 bits per heavy atom. The number of aromatic nitrogens is 3. The monoisotopic (exact) mass is 334 g/mol. The first-order chi connectivity index (χ1) is 12.0. The van der Waals surface area contributed by atoms with E-state index in [0.717, 1.165) is 27.1 Å². The summed E-state index contributed by atoms with van der Waals surface area (Å²) in [6, 6.07) is 12.4. The van der Waals surface area contributed by atoms with Gasteiger partial charge >= 0.3 is 0 Å². The molecule has 126 valence electrons. The summed E-state index contributed by atoms with van der Waals surface area (Å²) < 4.78 is 1.16. The average molecular weight is 334 g/mol. The zero-order valence-corrected chi connectivity index (χ0v) is 14.1. The summed E-state index contributed by atoms with van der Waals surface area (Å²) >= 11 is 0. The van der Waals surface area contributed by atoms with Gasteiger partial charge in [0.05, 0.1) is 5.69 Å². The van der Waals surface area contributed by atoms with E-state index < -0.39 is 0 Å². The predicted octanol–water partition coefficient (Wildman–Crippen LogP) is 2.56. The summed E-state index contributed by atoms with van der Waals surface area (Å²) in [5, 5.41) is 7.10. The topological polar surface area (TPSA) is 76.9 Å². The highest BCUT2D eigenvalue weighted by atomic mass is 16.2. The van der Waals surface area contributed by atoms with E-state index in [2.05, 4.69) is 15.4 Å². The summed E-state index contributed by atoms with van der Waals surface area (Å²) in [5.41, 5.74) is 3.87. The molecular weight excluding hydrogens is 316 g/mol. The van der Waals surface area contributed by atoms with Crippen LogP contribution >= 0.6 is 0 Å². The first-order valence-electron chi connectivity index (χ1n) is 7.89. The highest BCUT2D eigenvalue weighted by Crippen LogP contribution is 2.18. The van der Waals surface area contributed by atoms with Gasteiger partial charge in [-0.15, -0.1) is 0 Å². The molecule has 0 radical (unpaired) electrons. The van der Waals surface area contributed by atoms with Crippen LogP contribution in [0.3, 0.4) is 0 Å². The van der Waals surface area contributed by atoms with E-state index in [4.69, 9.17) is 0 Å². The largest absolute Gasteiger partial charge is 0.324 e. The number of pyridine rings is 1. The van der Waals surface area contributed by atoms with Crippen molar-refractivity contribution >= 4 is 11.6 Å². The Kier molecular flexibility index (Phi) is 4.70. The molecular formula is C19H18N4O2. The van der Waals surface area contributed by atoms with E-state index in [-0.39, 0.29) is 18.0 Å².